The number of hydrogen-bond donors (Lipinski definition) is 2. The Bertz CT molecular complexity index is 378. The van der Waals surface area contributed by atoms with E-state index in [4.69, 9.17) is 5.11 Å². The normalized spacial score (nSPS) is 9.73. The Kier molecular flexibility index (Phi) is 3.56. The lowest BCUT2D eigenvalue weighted by molar-refractivity contribution is -0.137. The number of carboxylic acid groups (broad SMARTS) is 1. The Morgan fingerprint density at radius 2 is 2.20 bits per heavy atom. The smallest absolute Gasteiger partial charge is 0.323 e. The van der Waals surface area contributed by atoms with E-state index in [0.29, 0.717) is 5.13 Å². The number of hydrogen-bond acceptors (Lipinski definition) is 5. The first-order valence-corrected chi connectivity index (χ1v) is 4.84. The third kappa shape index (κ3) is 3.50. The molecule has 0 aliphatic carbocycles. The van der Waals surface area contributed by atoms with Crippen LogP contribution >= 0.6 is 11.3 Å². The zero-order valence-corrected chi connectivity index (χ0v) is 9.04. The highest BCUT2D eigenvalue weighted by molar-refractivity contribution is 7.15. The summed E-state index contributed by atoms with van der Waals surface area (Å²) in [6, 6.07) is -0.520. The van der Waals surface area contributed by atoms with Crippen LogP contribution in [0.2, 0.25) is 0 Å². The number of anilines is 1. The van der Waals surface area contributed by atoms with Crippen LogP contribution in [0.4, 0.5) is 9.93 Å². The number of likely N-dealkylation sites (N-methyl/N-ethyl adjacent to an activating group) is 1. The number of urea groups is 1. The van der Waals surface area contributed by atoms with Crippen molar-refractivity contribution in [1.29, 1.82) is 0 Å². The van der Waals surface area contributed by atoms with Gasteiger partial charge in [-0.3, -0.25) is 10.1 Å². The van der Waals surface area contributed by atoms with E-state index in [2.05, 4.69) is 15.5 Å². The van der Waals surface area contributed by atoms with Gasteiger partial charge in [0.05, 0.1) is 0 Å². The summed E-state index contributed by atoms with van der Waals surface area (Å²) in [5.74, 6) is -1.07. The monoisotopic (exact) mass is 230 g/mol. The van der Waals surface area contributed by atoms with E-state index in [1.54, 1.807) is 6.92 Å². The molecule has 0 saturated carbocycles. The van der Waals surface area contributed by atoms with Crippen molar-refractivity contribution in [2.45, 2.75) is 6.92 Å². The van der Waals surface area contributed by atoms with Crippen molar-refractivity contribution in [1.82, 2.24) is 15.1 Å². The van der Waals surface area contributed by atoms with E-state index < -0.39 is 12.0 Å². The van der Waals surface area contributed by atoms with Crippen molar-refractivity contribution in [3.63, 3.8) is 0 Å². The van der Waals surface area contributed by atoms with Crippen LogP contribution in [0.15, 0.2) is 0 Å². The molecule has 0 fully saturated rings. The van der Waals surface area contributed by atoms with Crippen LogP contribution < -0.4 is 5.32 Å². The highest BCUT2D eigenvalue weighted by atomic mass is 32.1. The lowest BCUT2D eigenvalue weighted by Crippen LogP contribution is -2.35. The molecule has 0 unspecified atom stereocenters. The Labute approximate surface area is 89.7 Å². The summed E-state index contributed by atoms with van der Waals surface area (Å²) >= 11 is 1.22. The number of carboxylic acids is 1. The number of aliphatic carboxylic acids is 1. The zero-order valence-electron chi connectivity index (χ0n) is 8.22. The standard InChI is InChI=1S/C7H10N4O3S/c1-4-9-10-6(15-4)8-7(14)11(2)3-5(12)13/h3H2,1-2H3,(H,12,13)(H,8,10,14). The summed E-state index contributed by atoms with van der Waals surface area (Å²) in [5.41, 5.74) is 0. The number of carbonyl (C=O) groups excluding carboxylic acids is 1. The summed E-state index contributed by atoms with van der Waals surface area (Å²) in [7, 11) is 1.39. The quantitative estimate of drug-likeness (QED) is 0.783. The number of carbonyl (C=O) groups is 2. The maximum Gasteiger partial charge on any atom is 0.323 e. The van der Waals surface area contributed by atoms with Gasteiger partial charge in [-0.2, -0.15) is 0 Å². The molecule has 1 aromatic rings. The van der Waals surface area contributed by atoms with Crippen LogP contribution in [-0.2, 0) is 4.79 Å². The predicted molar refractivity (Wildman–Crippen MR) is 53.9 cm³/mol. The molecule has 2 N–H and O–H groups in total. The van der Waals surface area contributed by atoms with E-state index in [1.165, 1.54) is 18.4 Å². The van der Waals surface area contributed by atoms with Crippen LogP contribution in [0.1, 0.15) is 5.01 Å². The van der Waals surface area contributed by atoms with Gasteiger partial charge in [0.2, 0.25) is 5.13 Å². The molecule has 1 rings (SSSR count). The third-order valence-corrected chi connectivity index (χ3v) is 2.21. The largest absolute Gasteiger partial charge is 0.480 e. The fraction of sp³-hybridized carbons (Fsp3) is 0.429. The lowest BCUT2D eigenvalue weighted by atomic mass is 10.6. The molecule has 1 aromatic heterocycles. The molecule has 1 heterocycles. The number of aromatic nitrogens is 2. The molecule has 8 heteroatoms. The number of amides is 2. The van der Waals surface area contributed by atoms with E-state index in [1.807, 2.05) is 0 Å². The topological polar surface area (TPSA) is 95.4 Å². The molecular weight excluding hydrogens is 220 g/mol. The fourth-order valence-corrected chi connectivity index (χ4v) is 1.39. The highest BCUT2D eigenvalue weighted by Gasteiger charge is 2.13. The molecular formula is C7H10N4O3S. The molecule has 0 aliphatic rings. The number of nitrogens with zero attached hydrogens (tertiary/aromatic N) is 3. The van der Waals surface area contributed by atoms with Crippen molar-refractivity contribution in [2.75, 3.05) is 18.9 Å². The first-order chi connectivity index (χ1) is 6.99. The van der Waals surface area contributed by atoms with Crippen molar-refractivity contribution in [3.05, 3.63) is 5.01 Å². The number of rotatable bonds is 3. The van der Waals surface area contributed by atoms with Crippen LogP contribution in [0.5, 0.6) is 0 Å². The van der Waals surface area contributed by atoms with Gasteiger partial charge in [0.25, 0.3) is 0 Å². The summed E-state index contributed by atoms with van der Waals surface area (Å²) in [5, 5.41) is 19.4. The second-order valence-corrected chi connectivity index (χ2v) is 3.99. The second-order valence-electron chi connectivity index (χ2n) is 2.81. The molecule has 7 nitrogen and oxygen atoms in total. The molecule has 0 spiro atoms. The van der Waals surface area contributed by atoms with Gasteiger partial charge in [-0.25, -0.2) is 4.79 Å². The van der Waals surface area contributed by atoms with Crippen LogP contribution in [-0.4, -0.2) is 45.8 Å². The minimum atomic E-state index is -1.07. The fourth-order valence-electron chi connectivity index (χ4n) is 0.809. The molecule has 15 heavy (non-hydrogen) atoms. The van der Waals surface area contributed by atoms with Gasteiger partial charge in [0, 0.05) is 7.05 Å². The lowest BCUT2D eigenvalue weighted by Gasteiger charge is -2.13. The van der Waals surface area contributed by atoms with Gasteiger partial charge in [0.15, 0.2) is 0 Å². The molecule has 0 radical (unpaired) electrons. The van der Waals surface area contributed by atoms with Crippen molar-refractivity contribution in [2.24, 2.45) is 0 Å². The van der Waals surface area contributed by atoms with Gasteiger partial charge < -0.3 is 10.0 Å². The molecule has 0 aromatic carbocycles. The Morgan fingerprint density at radius 1 is 1.53 bits per heavy atom. The SMILES string of the molecule is Cc1nnc(NC(=O)N(C)CC(=O)O)s1. The molecule has 0 saturated heterocycles. The van der Waals surface area contributed by atoms with Crippen molar-refractivity contribution >= 4 is 28.5 Å². The van der Waals surface area contributed by atoms with Crippen molar-refractivity contribution < 1.29 is 14.7 Å². The van der Waals surface area contributed by atoms with Gasteiger partial charge in [-0.1, -0.05) is 11.3 Å². The van der Waals surface area contributed by atoms with Crippen LogP contribution in [0, 0.1) is 6.92 Å². The summed E-state index contributed by atoms with van der Waals surface area (Å²) in [6.07, 6.45) is 0. The Morgan fingerprint density at radius 3 is 2.67 bits per heavy atom. The first-order valence-electron chi connectivity index (χ1n) is 4.03. The maximum atomic E-state index is 11.3. The minimum absolute atomic E-state index is 0.356. The van der Waals surface area contributed by atoms with Crippen molar-refractivity contribution in [3.8, 4) is 0 Å². The average Bonchev–Trinajstić information content (AvgIpc) is 2.50. The highest BCUT2D eigenvalue weighted by Crippen LogP contribution is 2.13. The number of aryl methyl sites for hydroxylation is 1. The van der Waals surface area contributed by atoms with E-state index >= 15 is 0 Å². The van der Waals surface area contributed by atoms with Crippen LogP contribution in [0.3, 0.4) is 0 Å². The molecule has 0 atom stereocenters. The zero-order chi connectivity index (χ0) is 11.4. The number of nitrogens with one attached hydrogen (secondary N) is 1. The van der Waals surface area contributed by atoms with E-state index in [-0.39, 0.29) is 6.54 Å². The summed E-state index contributed by atoms with van der Waals surface area (Å²) in [4.78, 5) is 22.7. The summed E-state index contributed by atoms with van der Waals surface area (Å²) in [6.45, 7) is 1.40. The van der Waals surface area contributed by atoms with Gasteiger partial charge in [0.1, 0.15) is 11.6 Å². The first kappa shape index (κ1) is 11.4. The van der Waals surface area contributed by atoms with Gasteiger partial charge in [-0.15, -0.1) is 10.2 Å². The molecule has 0 bridgehead atoms. The predicted octanol–water partition coefficient (Wildman–Crippen LogP) is 0.395. The maximum absolute atomic E-state index is 11.3. The minimum Gasteiger partial charge on any atom is -0.480 e. The summed E-state index contributed by atoms with van der Waals surface area (Å²) < 4.78 is 0. The Hall–Kier alpha value is -1.70. The Balaban J connectivity index is 2.52. The van der Waals surface area contributed by atoms with Crippen LogP contribution in [0.25, 0.3) is 0 Å². The third-order valence-electron chi connectivity index (χ3n) is 1.46. The van der Waals surface area contributed by atoms with Gasteiger partial charge >= 0.3 is 12.0 Å². The van der Waals surface area contributed by atoms with Gasteiger partial charge in [-0.05, 0) is 6.92 Å². The van der Waals surface area contributed by atoms with E-state index in [0.717, 1.165) is 9.91 Å². The molecule has 0 aliphatic heterocycles. The molecule has 2 amide bonds. The van der Waals surface area contributed by atoms with E-state index in [9.17, 15) is 9.59 Å². The average molecular weight is 230 g/mol. The molecule has 82 valence electrons. The second kappa shape index (κ2) is 4.69.